The molecule has 3 rings (SSSR count). The molecule has 27 heavy (non-hydrogen) atoms. The van der Waals surface area contributed by atoms with E-state index < -0.39 is 10.0 Å². The molecule has 2 aromatic carbocycles. The first-order valence-corrected chi connectivity index (χ1v) is 10.7. The van der Waals surface area contributed by atoms with Gasteiger partial charge in [0.25, 0.3) is 5.91 Å². The molecule has 5 nitrogen and oxygen atoms in total. The molecule has 0 spiro atoms. The van der Waals surface area contributed by atoms with Gasteiger partial charge in [-0.15, -0.1) is 0 Å². The highest BCUT2D eigenvalue weighted by Crippen LogP contribution is 2.24. The molecule has 0 radical (unpaired) electrons. The number of nitrogens with one attached hydrogen (secondary N) is 1. The Balaban J connectivity index is 1.82. The Kier molecular flexibility index (Phi) is 5.67. The van der Waals surface area contributed by atoms with Gasteiger partial charge >= 0.3 is 0 Å². The van der Waals surface area contributed by atoms with E-state index in [0.29, 0.717) is 24.6 Å². The van der Waals surface area contributed by atoms with E-state index in [4.69, 9.17) is 0 Å². The number of anilines is 1. The van der Waals surface area contributed by atoms with E-state index in [0.717, 1.165) is 29.7 Å². The second kappa shape index (κ2) is 7.82. The lowest BCUT2D eigenvalue weighted by atomic mass is 10.0. The average molecular weight is 387 g/mol. The van der Waals surface area contributed by atoms with E-state index in [1.54, 1.807) is 18.2 Å². The monoisotopic (exact) mass is 386 g/mol. The summed E-state index contributed by atoms with van der Waals surface area (Å²) in [4.78, 5) is 12.8. The number of carbonyl (C=O) groups is 1. The van der Waals surface area contributed by atoms with E-state index in [-0.39, 0.29) is 10.8 Å². The second-order valence-electron chi connectivity index (χ2n) is 7.39. The maximum atomic E-state index is 12.9. The van der Waals surface area contributed by atoms with Gasteiger partial charge in [-0.1, -0.05) is 25.1 Å². The van der Waals surface area contributed by atoms with Crippen LogP contribution in [0.3, 0.4) is 0 Å². The fraction of sp³-hybridized carbons (Fsp3) is 0.381. The molecule has 0 bridgehead atoms. The van der Waals surface area contributed by atoms with Gasteiger partial charge in [0.15, 0.2) is 0 Å². The van der Waals surface area contributed by atoms with Crippen LogP contribution in [0, 0.1) is 19.8 Å². The minimum absolute atomic E-state index is 0.172. The molecule has 1 aliphatic rings. The predicted molar refractivity (Wildman–Crippen MR) is 107 cm³/mol. The zero-order chi connectivity index (χ0) is 19.6. The molecular weight excluding hydrogens is 360 g/mol. The molecule has 1 aliphatic heterocycles. The van der Waals surface area contributed by atoms with Gasteiger partial charge in [-0.05, 0) is 68.0 Å². The predicted octanol–water partition coefficient (Wildman–Crippen LogP) is 3.98. The lowest BCUT2D eigenvalue weighted by Crippen LogP contribution is -2.37. The van der Waals surface area contributed by atoms with E-state index in [9.17, 15) is 13.2 Å². The maximum Gasteiger partial charge on any atom is 0.255 e. The number of piperidine rings is 1. The Morgan fingerprint density at radius 2 is 1.78 bits per heavy atom. The Morgan fingerprint density at radius 3 is 2.48 bits per heavy atom. The third-order valence-electron chi connectivity index (χ3n) is 5.12. The van der Waals surface area contributed by atoms with E-state index in [1.807, 2.05) is 32.0 Å². The highest BCUT2D eigenvalue weighted by atomic mass is 32.2. The number of nitrogens with zero attached hydrogens (tertiary/aromatic N) is 1. The summed E-state index contributed by atoms with van der Waals surface area (Å²) in [6.45, 7) is 7.09. The van der Waals surface area contributed by atoms with Gasteiger partial charge in [0, 0.05) is 24.3 Å². The molecule has 0 aliphatic carbocycles. The van der Waals surface area contributed by atoms with Crippen LogP contribution in [0.2, 0.25) is 0 Å². The number of amides is 1. The van der Waals surface area contributed by atoms with Gasteiger partial charge in [-0.25, -0.2) is 8.42 Å². The topological polar surface area (TPSA) is 66.5 Å². The van der Waals surface area contributed by atoms with Crippen LogP contribution in [0.25, 0.3) is 0 Å². The number of hydrogen-bond donors (Lipinski definition) is 1. The summed E-state index contributed by atoms with van der Waals surface area (Å²) in [7, 11) is -3.58. The van der Waals surface area contributed by atoms with Crippen LogP contribution in [0.5, 0.6) is 0 Å². The number of carbonyl (C=O) groups excluding carboxylic acids is 1. The Labute approximate surface area is 161 Å². The smallest absolute Gasteiger partial charge is 0.255 e. The van der Waals surface area contributed by atoms with Crippen molar-refractivity contribution >= 4 is 21.6 Å². The zero-order valence-corrected chi connectivity index (χ0v) is 16.8. The standard InChI is InChI=1S/C21H26N2O3S/c1-15-9-11-23(12-10-15)27(25,26)19-6-4-5-18(14-19)21(24)22-20-13-16(2)7-8-17(20)3/h4-8,13-15H,9-12H2,1-3H3,(H,22,24). The summed E-state index contributed by atoms with van der Waals surface area (Å²) >= 11 is 0. The van der Waals surface area contributed by atoms with Crippen molar-refractivity contribution in [3.8, 4) is 0 Å². The van der Waals surface area contributed by atoms with Gasteiger partial charge in [0.1, 0.15) is 0 Å². The zero-order valence-electron chi connectivity index (χ0n) is 16.0. The van der Waals surface area contributed by atoms with Gasteiger partial charge in [-0.3, -0.25) is 4.79 Å². The van der Waals surface area contributed by atoms with Gasteiger partial charge in [-0.2, -0.15) is 4.31 Å². The maximum absolute atomic E-state index is 12.9. The van der Waals surface area contributed by atoms with Crippen LogP contribution < -0.4 is 5.32 Å². The van der Waals surface area contributed by atoms with Crippen molar-refractivity contribution in [2.24, 2.45) is 5.92 Å². The van der Waals surface area contributed by atoms with Gasteiger partial charge < -0.3 is 5.32 Å². The van der Waals surface area contributed by atoms with Crippen molar-refractivity contribution in [1.82, 2.24) is 4.31 Å². The van der Waals surface area contributed by atoms with Gasteiger partial charge in [0.05, 0.1) is 4.90 Å². The summed E-state index contributed by atoms with van der Waals surface area (Å²) in [6, 6.07) is 12.1. The molecule has 1 amide bonds. The van der Waals surface area contributed by atoms with Crippen LogP contribution in [0.4, 0.5) is 5.69 Å². The minimum atomic E-state index is -3.58. The Bertz CT molecular complexity index is 946. The van der Waals surface area contributed by atoms with Crippen molar-refractivity contribution in [3.05, 3.63) is 59.2 Å². The van der Waals surface area contributed by atoms with E-state index >= 15 is 0 Å². The first-order valence-electron chi connectivity index (χ1n) is 9.26. The number of rotatable bonds is 4. The summed E-state index contributed by atoms with van der Waals surface area (Å²) in [5, 5.41) is 2.88. The van der Waals surface area contributed by atoms with E-state index in [1.165, 1.54) is 10.4 Å². The molecular formula is C21H26N2O3S. The van der Waals surface area contributed by atoms with Gasteiger partial charge in [0.2, 0.25) is 10.0 Å². The molecule has 1 saturated heterocycles. The SMILES string of the molecule is Cc1ccc(C)c(NC(=O)c2cccc(S(=O)(=O)N3CCC(C)CC3)c2)c1. The van der Waals surface area contributed by atoms with Crippen LogP contribution in [-0.2, 0) is 10.0 Å². The molecule has 144 valence electrons. The highest BCUT2D eigenvalue weighted by molar-refractivity contribution is 7.89. The van der Waals surface area contributed by atoms with Crippen LogP contribution in [0.1, 0.15) is 41.3 Å². The molecule has 1 heterocycles. The summed E-state index contributed by atoms with van der Waals surface area (Å²) < 4.78 is 27.4. The number of aryl methyl sites for hydroxylation is 2. The van der Waals surface area contributed by atoms with Crippen LogP contribution in [0.15, 0.2) is 47.4 Å². The second-order valence-corrected chi connectivity index (χ2v) is 9.32. The lowest BCUT2D eigenvalue weighted by molar-refractivity contribution is 0.102. The summed E-state index contributed by atoms with van der Waals surface area (Å²) in [5.74, 6) is 0.235. The van der Waals surface area contributed by atoms with Crippen LogP contribution >= 0.6 is 0 Å². The van der Waals surface area contributed by atoms with Crippen LogP contribution in [-0.4, -0.2) is 31.7 Å². The first kappa shape index (κ1) is 19.6. The highest BCUT2D eigenvalue weighted by Gasteiger charge is 2.28. The molecule has 2 aromatic rings. The first-order chi connectivity index (χ1) is 12.8. The fourth-order valence-corrected chi connectivity index (χ4v) is 4.75. The molecule has 0 aromatic heterocycles. The molecule has 0 atom stereocenters. The number of sulfonamides is 1. The minimum Gasteiger partial charge on any atom is -0.322 e. The lowest BCUT2D eigenvalue weighted by Gasteiger charge is -2.29. The normalized spacial score (nSPS) is 16.3. The number of hydrogen-bond acceptors (Lipinski definition) is 3. The quantitative estimate of drug-likeness (QED) is 0.864. The van der Waals surface area contributed by atoms with Crippen molar-refractivity contribution < 1.29 is 13.2 Å². The molecule has 0 saturated carbocycles. The molecule has 0 unspecified atom stereocenters. The van der Waals surface area contributed by atoms with E-state index in [2.05, 4.69) is 12.2 Å². The van der Waals surface area contributed by atoms with Crippen molar-refractivity contribution in [1.29, 1.82) is 0 Å². The number of benzene rings is 2. The Hall–Kier alpha value is -2.18. The van der Waals surface area contributed by atoms with Crippen molar-refractivity contribution in [3.63, 3.8) is 0 Å². The largest absolute Gasteiger partial charge is 0.322 e. The average Bonchev–Trinajstić information content (AvgIpc) is 2.65. The third kappa shape index (κ3) is 4.39. The third-order valence-corrected chi connectivity index (χ3v) is 7.01. The Morgan fingerprint density at radius 1 is 1.07 bits per heavy atom. The fourth-order valence-electron chi connectivity index (χ4n) is 3.24. The molecule has 1 fully saturated rings. The molecule has 1 N–H and O–H groups in total. The van der Waals surface area contributed by atoms with Crippen molar-refractivity contribution in [2.75, 3.05) is 18.4 Å². The van der Waals surface area contributed by atoms with Crippen molar-refractivity contribution in [2.45, 2.75) is 38.5 Å². The summed E-state index contributed by atoms with van der Waals surface area (Å²) in [5.41, 5.74) is 3.08. The summed E-state index contributed by atoms with van der Waals surface area (Å²) in [6.07, 6.45) is 1.73. The molecule has 6 heteroatoms.